The fourth-order valence-electron chi connectivity index (χ4n) is 1.62. The molecule has 1 aromatic rings. The normalized spacial score (nSPS) is 9.31. The quantitative estimate of drug-likeness (QED) is 0.650. The lowest BCUT2D eigenvalue weighted by Crippen LogP contribution is -1.96. The van der Waals surface area contributed by atoms with Crippen LogP contribution < -0.4 is 4.74 Å². The molecule has 0 heterocycles. The summed E-state index contributed by atoms with van der Waals surface area (Å²) in [4.78, 5) is 0. The first kappa shape index (κ1) is 12.4. The fraction of sp³-hybridized carbons (Fsp3) is 0.333. The molecular weight excluding hydrogens is 196 g/mol. The maximum absolute atomic E-state index is 5.32. The van der Waals surface area contributed by atoms with Crippen LogP contribution in [0, 0.1) is 32.6 Å². The third-order valence-corrected chi connectivity index (χ3v) is 2.67. The van der Waals surface area contributed by atoms with Crippen molar-refractivity contribution in [1.29, 1.82) is 0 Å². The van der Waals surface area contributed by atoms with Crippen LogP contribution in [0.4, 0.5) is 0 Å². The number of allylic oxidation sites excluding steroid dienone is 1. The van der Waals surface area contributed by atoms with Gasteiger partial charge in [0.2, 0.25) is 0 Å². The molecule has 0 aliphatic heterocycles. The molecule has 0 N–H and O–H groups in total. The number of methoxy groups -OCH3 is 1. The molecule has 0 aliphatic carbocycles. The van der Waals surface area contributed by atoms with Crippen LogP contribution >= 0.6 is 0 Å². The predicted molar refractivity (Wildman–Crippen MR) is 68.9 cm³/mol. The third kappa shape index (κ3) is 2.46. The first-order valence-electron chi connectivity index (χ1n) is 5.29. The van der Waals surface area contributed by atoms with Gasteiger partial charge in [0.25, 0.3) is 0 Å². The minimum atomic E-state index is 0.882. The zero-order chi connectivity index (χ0) is 12.3. The summed E-state index contributed by atoms with van der Waals surface area (Å²) in [6.07, 6.45) is 0. The minimum Gasteiger partial charge on any atom is -0.496 e. The van der Waals surface area contributed by atoms with Crippen LogP contribution in [0.1, 0.15) is 29.2 Å². The van der Waals surface area contributed by atoms with E-state index in [1.165, 1.54) is 5.56 Å². The standard InChI is InChI=1S/C15H18O/c1-10(2)7-8-14-11(3)9-15(16-6)13(5)12(14)4/h9H,1H2,2-6H3. The lowest BCUT2D eigenvalue weighted by Gasteiger charge is -2.12. The van der Waals surface area contributed by atoms with Gasteiger partial charge in [-0.2, -0.15) is 0 Å². The molecule has 0 bridgehead atoms. The van der Waals surface area contributed by atoms with Crippen LogP contribution in [-0.2, 0) is 0 Å². The number of ether oxygens (including phenoxy) is 1. The molecule has 0 atom stereocenters. The molecule has 0 unspecified atom stereocenters. The Morgan fingerprint density at radius 3 is 2.38 bits per heavy atom. The number of aryl methyl sites for hydroxylation is 1. The van der Waals surface area contributed by atoms with Crippen molar-refractivity contribution in [2.75, 3.05) is 7.11 Å². The molecule has 84 valence electrons. The highest BCUT2D eigenvalue weighted by Gasteiger charge is 2.08. The minimum absolute atomic E-state index is 0.882. The Kier molecular flexibility index (Phi) is 3.79. The van der Waals surface area contributed by atoms with Crippen LogP contribution in [0.25, 0.3) is 0 Å². The summed E-state index contributed by atoms with van der Waals surface area (Å²) in [5.41, 5.74) is 5.45. The lowest BCUT2D eigenvalue weighted by atomic mass is 9.97. The molecule has 1 rings (SSSR count). The van der Waals surface area contributed by atoms with Gasteiger partial charge in [-0.25, -0.2) is 0 Å². The largest absolute Gasteiger partial charge is 0.496 e. The Morgan fingerprint density at radius 2 is 1.88 bits per heavy atom. The molecule has 0 saturated heterocycles. The molecule has 0 aromatic heterocycles. The number of rotatable bonds is 1. The molecule has 0 amide bonds. The molecule has 1 aromatic carbocycles. The smallest absolute Gasteiger partial charge is 0.122 e. The highest BCUT2D eigenvalue weighted by atomic mass is 16.5. The van der Waals surface area contributed by atoms with Gasteiger partial charge in [-0.05, 0) is 56.0 Å². The van der Waals surface area contributed by atoms with E-state index in [-0.39, 0.29) is 0 Å². The maximum atomic E-state index is 5.32. The summed E-state index contributed by atoms with van der Waals surface area (Å²) in [5, 5.41) is 0. The number of benzene rings is 1. The monoisotopic (exact) mass is 214 g/mol. The van der Waals surface area contributed by atoms with Crippen molar-refractivity contribution < 1.29 is 4.74 Å². The van der Waals surface area contributed by atoms with Gasteiger partial charge in [0, 0.05) is 5.56 Å². The molecule has 0 fully saturated rings. The van der Waals surface area contributed by atoms with E-state index in [0.717, 1.165) is 28.0 Å². The van der Waals surface area contributed by atoms with E-state index < -0.39 is 0 Å². The lowest BCUT2D eigenvalue weighted by molar-refractivity contribution is 0.411. The van der Waals surface area contributed by atoms with Crippen molar-refractivity contribution in [3.8, 4) is 17.6 Å². The Labute approximate surface area is 98.1 Å². The SMILES string of the molecule is C=C(C)C#Cc1c(C)cc(OC)c(C)c1C. The molecule has 1 nitrogen and oxygen atoms in total. The topological polar surface area (TPSA) is 9.23 Å². The predicted octanol–water partition coefficient (Wildman–Crippen LogP) is 3.55. The van der Waals surface area contributed by atoms with Gasteiger partial charge < -0.3 is 4.74 Å². The summed E-state index contributed by atoms with van der Waals surface area (Å²) in [7, 11) is 1.69. The van der Waals surface area contributed by atoms with Crippen molar-refractivity contribution in [2.24, 2.45) is 0 Å². The summed E-state index contributed by atoms with van der Waals surface area (Å²) < 4.78 is 5.32. The summed E-state index contributed by atoms with van der Waals surface area (Å²) >= 11 is 0. The second kappa shape index (κ2) is 4.90. The highest BCUT2D eigenvalue weighted by molar-refractivity contribution is 5.55. The van der Waals surface area contributed by atoms with Crippen LogP contribution in [-0.4, -0.2) is 7.11 Å². The van der Waals surface area contributed by atoms with E-state index in [0.29, 0.717) is 0 Å². The van der Waals surface area contributed by atoms with E-state index in [2.05, 4.69) is 39.2 Å². The molecule has 1 heteroatoms. The zero-order valence-corrected chi connectivity index (χ0v) is 10.7. The van der Waals surface area contributed by atoms with Crippen LogP contribution in [0.15, 0.2) is 18.2 Å². The average molecular weight is 214 g/mol. The first-order chi connectivity index (χ1) is 7.47. The first-order valence-corrected chi connectivity index (χ1v) is 5.29. The van der Waals surface area contributed by atoms with Crippen molar-refractivity contribution >= 4 is 0 Å². The van der Waals surface area contributed by atoms with Gasteiger partial charge in [0.1, 0.15) is 5.75 Å². The van der Waals surface area contributed by atoms with E-state index >= 15 is 0 Å². The molecule has 0 saturated carbocycles. The van der Waals surface area contributed by atoms with Crippen LogP contribution in [0.5, 0.6) is 5.75 Å². The van der Waals surface area contributed by atoms with E-state index in [1.54, 1.807) is 7.11 Å². The summed E-state index contributed by atoms with van der Waals surface area (Å²) in [6, 6.07) is 2.03. The Hall–Kier alpha value is -1.68. The number of hydrogen-bond acceptors (Lipinski definition) is 1. The molecule has 16 heavy (non-hydrogen) atoms. The van der Waals surface area contributed by atoms with Gasteiger partial charge in [-0.1, -0.05) is 18.4 Å². The zero-order valence-electron chi connectivity index (χ0n) is 10.7. The molecule has 0 aliphatic rings. The van der Waals surface area contributed by atoms with Crippen LogP contribution in [0.2, 0.25) is 0 Å². The second-order valence-electron chi connectivity index (χ2n) is 4.05. The van der Waals surface area contributed by atoms with E-state index in [9.17, 15) is 0 Å². The van der Waals surface area contributed by atoms with E-state index in [4.69, 9.17) is 4.74 Å². The van der Waals surface area contributed by atoms with Crippen molar-refractivity contribution in [3.63, 3.8) is 0 Å². The third-order valence-electron chi connectivity index (χ3n) is 2.67. The molecule has 0 radical (unpaired) electrons. The molecule has 0 spiro atoms. The van der Waals surface area contributed by atoms with Crippen molar-refractivity contribution in [2.45, 2.75) is 27.7 Å². The van der Waals surface area contributed by atoms with Crippen LogP contribution in [0.3, 0.4) is 0 Å². The van der Waals surface area contributed by atoms with Crippen molar-refractivity contribution in [3.05, 3.63) is 40.5 Å². The highest BCUT2D eigenvalue weighted by Crippen LogP contribution is 2.26. The van der Waals surface area contributed by atoms with Gasteiger partial charge in [-0.15, -0.1) is 0 Å². The van der Waals surface area contributed by atoms with Gasteiger partial charge in [0.05, 0.1) is 7.11 Å². The van der Waals surface area contributed by atoms with E-state index in [1.807, 2.05) is 13.0 Å². The fourth-order valence-corrected chi connectivity index (χ4v) is 1.62. The Balaban J connectivity index is 3.38. The second-order valence-corrected chi connectivity index (χ2v) is 4.05. The van der Waals surface area contributed by atoms with Gasteiger partial charge in [-0.3, -0.25) is 0 Å². The van der Waals surface area contributed by atoms with Gasteiger partial charge >= 0.3 is 0 Å². The van der Waals surface area contributed by atoms with Crippen molar-refractivity contribution in [1.82, 2.24) is 0 Å². The maximum Gasteiger partial charge on any atom is 0.122 e. The van der Waals surface area contributed by atoms with Gasteiger partial charge in [0.15, 0.2) is 0 Å². The summed E-state index contributed by atoms with van der Waals surface area (Å²) in [6.45, 7) is 11.9. The summed E-state index contributed by atoms with van der Waals surface area (Å²) in [5.74, 6) is 7.12. The Morgan fingerprint density at radius 1 is 1.25 bits per heavy atom. The average Bonchev–Trinajstić information content (AvgIpc) is 2.22. The Bertz CT molecular complexity index is 484. The number of hydrogen-bond donors (Lipinski definition) is 0. The molecular formula is C15H18O.